The maximum Gasteiger partial charge on any atom is 0.208 e. The second-order valence-corrected chi connectivity index (χ2v) is 4.15. The largest absolute Gasteiger partial charge is 0.445 e. The molecule has 2 aromatic rings. The minimum Gasteiger partial charge on any atom is -0.445 e. The highest BCUT2D eigenvalue weighted by molar-refractivity contribution is 5.96. The lowest BCUT2D eigenvalue weighted by atomic mass is 10.1. The maximum absolute atomic E-state index is 8.56. The van der Waals surface area contributed by atoms with Crippen LogP contribution in [-0.4, -0.2) is 16.0 Å². The number of nitrogens with two attached hydrogens (primary N) is 1. The van der Waals surface area contributed by atoms with Crippen LogP contribution in [0.1, 0.15) is 22.8 Å². The van der Waals surface area contributed by atoms with Gasteiger partial charge in [0.05, 0.1) is 12.7 Å². The van der Waals surface area contributed by atoms with E-state index in [1.54, 1.807) is 18.3 Å². The third-order valence-corrected chi connectivity index (χ3v) is 2.63. The van der Waals surface area contributed by atoms with E-state index < -0.39 is 0 Å². The molecule has 19 heavy (non-hydrogen) atoms. The van der Waals surface area contributed by atoms with Crippen molar-refractivity contribution in [2.75, 3.05) is 0 Å². The van der Waals surface area contributed by atoms with Crippen molar-refractivity contribution in [2.24, 2.45) is 10.9 Å². The summed E-state index contributed by atoms with van der Waals surface area (Å²) < 4.78 is 5.35. The molecule has 0 bridgehead atoms. The van der Waals surface area contributed by atoms with Crippen molar-refractivity contribution in [3.8, 4) is 0 Å². The van der Waals surface area contributed by atoms with E-state index in [4.69, 9.17) is 15.4 Å². The topological polar surface area (TPSA) is 96.7 Å². The average molecular weight is 260 g/mol. The van der Waals surface area contributed by atoms with Gasteiger partial charge in [0.15, 0.2) is 5.84 Å². The molecule has 1 aromatic carbocycles. The summed E-state index contributed by atoms with van der Waals surface area (Å²) in [6.07, 6.45) is 1.70. The Morgan fingerprint density at radius 3 is 2.68 bits per heavy atom. The number of aromatic nitrogens is 1. The predicted octanol–water partition coefficient (Wildman–Crippen LogP) is 1.37. The van der Waals surface area contributed by atoms with Gasteiger partial charge < -0.3 is 20.7 Å². The Kier molecular flexibility index (Phi) is 4.15. The molecule has 0 aliphatic rings. The molecular formula is C13H16N4O2. The number of hydrogen-bond acceptors (Lipinski definition) is 5. The van der Waals surface area contributed by atoms with Crippen molar-refractivity contribution in [2.45, 2.75) is 20.0 Å². The molecule has 100 valence electrons. The van der Waals surface area contributed by atoms with E-state index in [-0.39, 0.29) is 5.84 Å². The van der Waals surface area contributed by atoms with Crippen molar-refractivity contribution in [3.63, 3.8) is 0 Å². The lowest BCUT2D eigenvalue weighted by Gasteiger charge is -2.04. The van der Waals surface area contributed by atoms with Gasteiger partial charge in [0.1, 0.15) is 5.76 Å². The van der Waals surface area contributed by atoms with Crippen molar-refractivity contribution >= 4 is 5.84 Å². The third-order valence-electron chi connectivity index (χ3n) is 2.63. The standard InChI is InChI=1S/C13H16N4O2/c1-9-6-16-12(19-9)8-15-7-10-2-4-11(5-3-10)13(14)17-18/h2-6,15,18H,7-8H2,1H3,(H2,14,17). The predicted molar refractivity (Wildman–Crippen MR) is 70.7 cm³/mol. The van der Waals surface area contributed by atoms with E-state index in [1.807, 2.05) is 19.1 Å². The Balaban J connectivity index is 1.86. The molecule has 0 unspecified atom stereocenters. The molecule has 0 atom stereocenters. The van der Waals surface area contributed by atoms with E-state index in [0.29, 0.717) is 24.5 Å². The number of oxime groups is 1. The molecule has 0 saturated heterocycles. The maximum atomic E-state index is 8.56. The molecule has 0 amide bonds. The van der Waals surface area contributed by atoms with Gasteiger partial charge in [-0.1, -0.05) is 29.4 Å². The van der Waals surface area contributed by atoms with Crippen molar-refractivity contribution in [1.82, 2.24) is 10.3 Å². The third kappa shape index (κ3) is 3.56. The Morgan fingerprint density at radius 2 is 2.11 bits per heavy atom. The molecule has 4 N–H and O–H groups in total. The van der Waals surface area contributed by atoms with Crippen molar-refractivity contribution in [3.05, 3.63) is 53.2 Å². The molecule has 1 aromatic heterocycles. The van der Waals surface area contributed by atoms with E-state index >= 15 is 0 Å². The zero-order valence-corrected chi connectivity index (χ0v) is 10.6. The molecule has 0 aliphatic carbocycles. The van der Waals surface area contributed by atoms with Gasteiger partial charge in [-0.15, -0.1) is 0 Å². The van der Waals surface area contributed by atoms with Gasteiger partial charge in [0, 0.05) is 12.1 Å². The number of aryl methyl sites for hydroxylation is 1. The van der Waals surface area contributed by atoms with Crippen LogP contribution < -0.4 is 11.1 Å². The Morgan fingerprint density at radius 1 is 1.37 bits per heavy atom. The molecule has 2 rings (SSSR count). The summed E-state index contributed by atoms with van der Waals surface area (Å²) in [6.45, 7) is 3.13. The summed E-state index contributed by atoms with van der Waals surface area (Å²) >= 11 is 0. The molecule has 6 heteroatoms. The fourth-order valence-electron chi connectivity index (χ4n) is 1.65. The van der Waals surface area contributed by atoms with E-state index in [0.717, 1.165) is 11.3 Å². The fraction of sp³-hybridized carbons (Fsp3) is 0.231. The first-order valence-corrected chi connectivity index (χ1v) is 5.88. The molecular weight excluding hydrogens is 244 g/mol. The summed E-state index contributed by atoms with van der Waals surface area (Å²) in [7, 11) is 0. The minimum atomic E-state index is 0.106. The minimum absolute atomic E-state index is 0.106. The smallest absolute Gasteiger partial charge is 0.208 e. The van der Waals surface area contributed by atoms with Gasteiger partial charge in [-0.3, -0.25) is 0 Å². The van der Waals surface area contributed by atoms with Crippen molar-refractivity contribution < 1.29 is 9.62 Å². The first-order valence-electron chi connectivity index (χ1n) is 5.88. The first kappa shape index (κ1) is 13.1. The Hall–Kier alpha value is -2.34. The quantitative estimate of drug-likeness (QED) is 0.326. The number of nitrogens with zero attached hydrogens (tertiary/aromatic N) is 2. The number of nitrogens with one attached hydrogen (secondary N) is 1. The molecule has 0 spiro atoms. The molecule has 1 heterocycles. The van der Waals surface area contributed by atoms with Gasteiger partial charge in [-0.05, 0) is 12.5 Å². The number of oxazole rings is 1. The van der Waals surface area contributed by atoms with Crippen LogP contribution in [0.5, 0.6) is 0 Å². The van der Waals surface area contributed by atoms with Crippen LogP contribution in [-0.2, 0) is 13.1 Å². The van der Waals surface area contributed by atoms with Gasteiger partial charge in [0.25, 0.3) is 0 Å². The summed E-state index contributed by atoms with van der Waals surface area (Å²) in [5, 5.41) is 14.7. The summed E-state index contributed by atoms with van der Waals surface area (Å²) in [4.78, 5) is 4.11. The summed E-state index contributed by atoms with van der Waals surface area (Å²) in [5.41, 5.74) is 7.27. The Bertz CT molecular complexity index is 560. The number of amidine groups is 1. The highest BCUT2D eigenvalue weighted by atomic mass is 16.4. The Labute approximate surface area is 110 Å². The average Bonchev–Trinajstić information content (AvgIpc) is 2.84. The van der Waals surface area contributed by atoms with Crippen LogP contribution in [0.4, 0.5) is 0 Å². The van der Waals surface area contributed by atoms with Gasteiger partial charge >= 0.3 is 0 Å². The number of hydrogen-bond donors (Lipinski definition) is 3. The molecule has 0 radical (unpaired) electrons. The van der Waals surface area contributed by atoms with Crippen LogP contribution in [0.25, 0.3) is 0 Å². The highest BCUT2D eigenvalue weighted by Gasteiger charge is 2.01. The van der Waals surface area contributed by atoms with Crippen molar-refractivity contribution in [1.29, 1.82) is 0 Å². The lowest BCUT2D eigenvalue weighted by Crippen LogP contribution is -2.14. The second kappa shape index (κ2) is 6.01. The second-order valence-electron chi connectivity index (χ2n) is 4.15. The van der Waals surface area contributed by atoms with Crippen LogP contribution >= 0.6 is 0 Å². The van der Waals surface area contributed by atoms with Crippen LogP contribution in [0.2, 0.25) is 0 Å². The monoisotopic (exact) mass is 260 g/mol. The lowest BCUT2D eigenvalue weighted by molar-refractivity contribution is 0.318. The zero-order valence-electron chi connectivity index (χ0n) is 10.6. The van der Waals surface area contributed by atoms with E-state index in [9.17, 15) is 0 Å². The molecule has 0 aliphatic heterocycles. The van der Waals surface area contributed by atoms with Crippen LogP contribution in [0.3, 0.4) is 0 Å². The first-order chi connectivity index (χ1) is 9.19. The summed E-state index contributed by atoms with van der Waals surface area (Å²) in [6, 6.07) is 7.45. The molecule has 0 saturated carbocycles. The number of benzene rings is 1. The van der Waals surface area contributed by atoms with Gasteiger partial charge in [-0.2, -0.15) is 0 Å². The van der Waals surface area contributed by atoms with Gasteiger partial charge in [-0.25, -0.2) is 4.98 Å². The molecule has 0 fully saturated rings. The van der Waals surface area contributed by atoms with Gasteiger partial charge in [0.2, 0.25) is 5.89 Å². The summed E-state index contributed by atoms with van der Waals surface area (Å²) in [5.74, 6) is 1.58. The zero-order chi connectivity index (χ0) is 13.7. The van der Waals surface area contributed by atoms with Crippen LogP contribution in [0, 0.1) is 6.92 Å². The normalized spacial score (nSPS) is 11.7. The SMILES string of the molecule is Cc1cnc(CNCc2ccc(/C(N)=N/O)cc2)o1. The fourth-order valence-corrected chi connectivity index (χ4v) is 1.65. The van der Waals surface area contributed by atoms with Crippen LogP contribution in [0.15, 0.2) is 40.0 Å². The van der Waals surface area contributed by atoms with E-state index in [1.165, 1.54) is 0 Å². The number of rotatable bonds is 5. The van der Waals surface area contributed by atoms with E-state index in [2.05, 4.69) is 15.5 Å². The molecule has 6 nitrogen and oxygen atoms in total. The highest BCUT2D eigenvalue weighted by Crippen LogP contribution is 2.05.